The fourth-order valence-electron chi connectivity index (χ4n) is 1.63. The summed E-state index contributed by atoms with van der Waals surface area (Å²) in [5.74, 6) is 0.359. The van der Waals surface area contributed by atoms with Gasteiger partial charge in [0.05, 0.1) is 6.42 Å². The lowest BCUT2D eigenvalue weighted by Gasteiger charge is -2.03. The van der Waals surface area contributed by atoms with E-state index in [0.29, 0.717) is 17.0 Å². The Balaban J connectivity index is 2.20. The van der Waals surface area contributed by atoms with Crippen molar-refractivity contribution in [3.63, 3.8) is 0 Å². The van der Waals surface area contributed by atoms with Crippen LogP contribution in [-0.4, -0.2) is 15.3 Å². The smallest absolute Gasteiger partial charge is 0.170 e. The van der Waals surface area contributed by atoms with Gasteiger partial charge in [0.25, 0.3) is 0 Å². The third-order valence-corrected chi connectivity index (χ3v) is 2.72. The van der Waals surface area contributed by atoms with E-state index in [2.05, 4.69) is 4.98 Å². The molecule has 2 rings (SSSR count). The molecule has 1 aromatic heterocycles. The van der Waals surface area contributed by atoms with E-state index in [1.165, 1.54) is 12.1 Å². The van der Waals surface area contributed by atoms with Crippen LogP contribution in [0, 0.1) is 12.7 Å². The van der Waals surface area contributed by atoms with Crippen LogP contribution >= 0.6 is 0 Å². The molecule has 3 nitrogen and oxygen atoms in total. The predicted molar refractivity (Wildman–Crippen MR) is 62.4 cm³/mol. The molecule has 0 saturated heterocycles. The number of imidazole rings is 1. The standard InChI is InChI=1S/C13H13FN2O/c1-9-7-10(3-4-11(9)14)12(17)8-13-15-5-6-16(13)2/h3-7H,8H2,1-2H3. The molecule has 0 N–H and O–H groups in total. The summed E-state index contributed by atoms with van der Waals surface area (Å²) in [5.41, 5.74) is 1.00. The lowest BCUT2D eigenvalue weighted by molar-refractivity contribution is 0.0990. The number of aromatic nitrogens is 2. The van der Waals surface area contributed by atoms with E-state index in [1.54, 1.807) is 30.0 Å². The molecule has 0 saturated carbocycles. The van der Waals surface area contributed by atoms with Crippen LogP contribution in [0.15, 0.2) is 30.6 Å². The molecule has 4 heteroatoms. The van der Waals surface area contributed by atoms with Gasteiger partial charge in [-0.05, 0) is 30.7 Å². The molecule has 2 aromatic rings. The van der Waals surface area contributed by atoms with Gasteiger partial charge >= 0.3 is 0 Å². The molecule has 0 aliphatic carbocycles. The molecule has 88 valence electrons. The van der Waals surface area contributed by atoms with Crippen LogP contribution in [0.3, 0.4) is 0 Å². The average Bonchev–Trinajstić information content (AvgIpc) is 2.68. The van der Waals surface area contributed by atoms with Crippen LogP contribution in [0.4, 0.5) is 4.39 Å². The molecule has 0 atom stereocenters. The van der Waals surface area contributed by atoms with Crippen molar-refractivity contribution >= 4 is 5.78 Å². The summed E-state index contributed by atoms with van der Waals surface area (Å²) in [6, 6.07) is 4.40. The highest BCUT2D eigenvalue weighted by atomic mass is 19.1. The van der Waals surface area contributed by atoms with Gasteiger partial charge in [-0.25, -0.2) is 9.37 Å². The van der Waals surface area contributed by atoms with Crippen LogP contribution in [0.1, 0.15) is 21.7 Å². The molecule has 0 fully saturated rings. The van der Waals surface area contributed by atoms with Crippen molar-refractivity contribution in [3.8, 4) is 0 Å². The van der Waals surface area contributed by atoms with Gasteiger partial charge in [-0.3, -0.25) is 4.79 Å². The Labute approximate surface area is 98.9 Å². The molecule has 0 spiro atoms. The second-order valence-electron chi connectivity index (χ2n) is 4.02. The Kier molecular flexibility index (Phi) is 3.04. The SMILES string of the molecule is Cc1cc(C(=O)Cc2nccn2C)ccc1F. The molecule has 0 bridgehead atoms. The van der Waals surface area contributed by atoms with Crippen molar-refractivity contribution < 1.29 is 9.18 Å². The minimum absolute atomic E-state index is 0.0533. The van der Waals surface area contributed by atoms with Gasteiger partial charge in [0.2, 0.25) is 0 Å². The summed E-state index contributed by atoms with van der Waals surface area (Å²) in [5, 5.41) is 0. The van der Waals surface area contributed by atoms with Crippen molar-refractivity contribution in [1.82, 2.24) is 9.55 Å². The number of halogens is 1. The van der Waals surface area contributed by atoms with E-state index in [-0.39, 0.29) is 18.0 Å². The number of carbonyl (C=O) groups is 1. The molecule has 1 heterocycles. The quantitative estimate of drug-likeness (QED) is 0.761. The maximum Gasteiger partial charge on any atom is 0.170 e. The second kappa shape index (κ2) is 4.49. The lowest BCUT2D eigenvalue weighted by Crippen LogP contribution is -2.08. The van der Waals surface area contributed by atoms with Crippen LogP contribution in [0.5, 0.6) is 0 Å². The van der Waals surface area contributed by atoms with E-state index in [1.807, 2.05) is 7.05 Å². The summed E-state index contributed by atoms with van der Waals surface area (Å²) >= 11 is 0. The second-order valence-corrected chi connectivity index (χ2v) is 4.02. The minimum Gasteiger partial charge on any atom is -0.338 e. The number of nitrogens with zero attached hydrogens (tertiary/aromatic N) is 2. The summed E-state index contributed by atoms with van der Waals surface area (Å²) < 4.78 is 14.9. The minimum atomic E-state index is -0.293. The van der Waals surface area contributed by atoms with E-state index >= 15 is 0 Å². The normalized spacial score (nSPS) is 10.5. The van der Waals surface area contributed by atoms with Gasteiger partial charge in [0.15, 0.2) is 5.78 Å². The number of hydrogen-bond acceptors (Lipinski definition) is 2. The molecule has 17 heavy (non-hydrogen) atoms. The van der Waals surface area contributed by atoms with Gasteiger partial charge in [0.1, 0.15) is 11.6 Å². The van der Waals surface area contributed by atoms with Gasteiger partial charge < -0.3 is 4.57 Å². The summed E-state index contributed by atoms with van der Waals surface area (Å²) in [6.07, 6.45) is 3.67. The third-order valence-electron chi connectivity index (χ3n) is 2.72. The Morgan fingerprint density at radius 1 is 1.47 bits per heavy atom. The topological polar surface area (TPSA) is 34.9 Å². The summed E-state index contributed by atoms with van der Waals surface area (Å²) in [6.45, 7) is 1.65. The van der Waals surface area contributed by atoms with Crippen molar-refractivity contribution in [3.05, 3.63) is 53.4 Å². The van der Waals surface area contributed by atoms with Gasteiger partial charge in [-0.1, -0.05) is 0 Å². The summed E-state index contributed by atoms with van der Waals surface area (Å²) in [7, 11) is 1.84. The van der Waals surface area contributed by atoms with Gasteiger partial charge in [-0.15, -0.1) is 0 Å². The van der Waals surface area contributed by atoms with E-state index in [9.17, 15) is 9.18 Å². The third kappa shape index (κ3) is 2.41. The first-order valence-corrected chi connectivity index (χ1v) is 5.33. The first kappa shape index (κ1) is 11.5. The zero-order chi connectivity index (χ0) is 12.4. The maximum atomic E-state index is 13.1. The molecule has 0 unspecified atom stereocenters. The largest absolute Gasteiger partial charge is 0.338 e. The average molecular weight is 232 g/mol. The van der Waals surface area contributed by atoms with Crippen LogP contribution in [0.25, 0.3) is 0 Å². The van der Waals surface area contributed by atoms with Crippen molar-refractivity contribution in [2.24, 2.45) is 7.05 Å². The Morgan fingerprint density at radius 3 is 2.82 bits per heavy atom. The predicted octanol–water partition coefficient (Wildman–Crippen LogP) is 2.29. The highest BCUT2D eigenvalue weighted by Gasteiger charge is 2.11. The van der Waals surface area contributed by atoms with Crippen molar-refractivity contribution in [2.75, 3.05) is 0 Å². The van der Waals surface area contributed by atoms with Crippen LogP contribution in [0.2, 0.25) is 0 Å². The molecule has 0 radical (unpaired) electrons. The monoisotopic (exact) mass is 232 g/mol. The van der Waals surface area contributed by atoms with Crippen LogP contribution < -0.4 is 0 Å². The zero-order valence-electron chi connectivity index (χ0n) is 9.77. The number of aryl methyl sites for hydroxylation is 2. The highest BCUT2D eigenvalue weighted by molar-refractivity contribution is 5.97. The highest BCUT2D eigenvalue weighted by Crippen LogP contribution is 2.11. The summed E-state index contributed by atoms with van der Waals surface area (Å²) in [4.78, 5) is 16.0. The lowest BCUT2D eigenvalue weighted by atomic mass is 10.1. The zero-order valence-corrected chi connectivity index (χ0v) is 9.77. The fraction of sp³-hybridized carbons (Fsp3) is 0.231. The molecular formula is C13H13FN2O. The molecule has 0 aliphatic heterocycles. The maximum absolute atomic E-state index is 13.1. The number of benzene rings is 1. The van der Waals surface area contributed by atoms with Crippen molar-refractivity contribution in [2.45, 2.75) is 13.3 Å². The number of carbonyl (C=O) groups excluding carboxylic acids is 1. The fourth-order valence-corrected chi connectivity index (χ4v) is 1.63. The first-order chi connectivity index (χ1) is 8.08. The van der Waals surface area contributed by atoms with Gasteiger partial charge in [0, 0.05) is 25.0 Å². The molecule has 0 amide bonds. The van der Waals surface area contributed by atoms with Crippen LogP contribution in [-0.2, 0) is 13.5 Å². The van der Waals surface area contributed by atoms with E-state index in [0.717, 1.165) is 0 Å². The Hall–Kier alpha value is -1.97. The van der Waals surface area contributed by atoms with Gasteiger partial charge in [-0.2, -0.15) is 0 Å². The first-order valence-electron chi connectivity index (χ1n) is 5.33. The number of ketones is 1. The Bertz CT molecular complexity index is 560. The van der Waals surface area contributed by atoms with E-state index in [4.69, 9.17) is 0 Å². The number of hydrogen-bond donors (Lipinski definition) is 0. The number of Topliss-reactive ketones (excluding diaryl/α,β-unsaturated/α-hetero) is 1. The molecule has 1 aromatic carbocycles. The van der Waals surface area contributed by atoms with Crippen molar-refractivity contribution in [1.29, 1.82) is 0 Å². The molecular weight excluding hydrogens is 219 g/mol. The number of rotatable bonds is 3. The molecule has 0 aliphatic rings. The Morgan fingerprint density at radius 2 is 2.24 bits per heavy atom. The van der Waals surface area contributed by atoms with E-state index < -0.39 is 0 Å².